The van der Waals surface area contributed by atoms with E-state index in [1.807, 2.05) is 49.4 Å². The van der Waals surface area contributed by atoms with Crippen molar-refractivity contribution in [3.05, 3.63) is 89.5 Å². The van der Waals surface area contributed by atoms with E-state index in [1.165, 1.54) is 7.11 Å². The van der Waals surface area contributed by atoms with Crippen LogP contribution in [-0.2, 0) is 5.41 Å². The Morgan fingerprint density at radius 3 is 2.10 bits per heavy atom. The minimum Gasteiger partial charge on any atom is -0.493 e. The summed E-state index contributed by atoms with van der Waals surface area (Å²) in [4.78, 5) is 12.6. The smallest absolute Gasteiger partial charge is 0.255 e. The van der Waals surface area contributed by atoms with E-state index in [4.69, 9.17) is 9.47 Å². The minimum absolute atomic E-state index is 0.259. The van der Waals surface area contributed by atoms with Crippen LogP contribution in [0, 0.1) is 11.3 Å². The van der Waals surface area contributed by atoms with E-state index in [0.29, 0.717) is 22.7 Å². The van der Waals surface area contributed by atoms with Gasteiger partial charge in [-0.25, -0.2) is 0 Å². The summed E-state index contributed by atoms with van der Waals surface area (Å²) in [5.74, 6) is 0.790. The standard InChI is InChI=1S/C24H22N2O3/c1-24(16-25,18-7-5-4-6-8-18)19-10-12-20(13-11-19)26-23(27)17-9-14-21(28-2)22(15-17)29-3/h4-15H,1-3H3,(H,26,27). The second-order valence-electron chi connectivity index (χ2n) is 6.70. The van der Waals surface area contributed by atoms with E-state index >= 15 is 0 Å². The number of methoxy groups -OCH3 is 2. The maximum Gasteiger partial charge on any atom is 0.255 e. The summed E-state index contributed by atoms with van der Waals surface area (Å²) in [6.45, 7) is 1.89. The van der Waals surface area contributed by atoms with Crippen LogP contribution in [0.3, 0.4) is 0 Å². The summed E-state index contributed by atoms with van der Waals surface area (Å²) in [5.41, 5.74) is 2.10. The summed E-state index contributed by atoms with van der Waals surface area (Å²) in [7, 11) is 3.07. The normalized spacial score (nSPS) is 12.3. The third-order valence-corrected chi connectivity index (χ3v) is 4.94. The highest BCUT2D eigenvalue weighted by Gasteiger charge is 2.28. The van der Waals surface area contributed by atoms with Crippen LogP contribution in [0.1, 0.15) is 28.4 Å². The van der Waals surface area contributed by atoms with Crippen LogP contribution in [0.4, 0.5) is 5.69 Å². The van der Waals surface area contributed by atoms with Crippen LogP contribution in [0.2, 0.25) is 0 Å². The number of hydrogen-bond donors (Lipinski definition) is 1. The summed E-state index contributed by atoms with van der Waals surface area (Å²) in [5, 5.41) is 12.7. The number of carbonyl (C=O) groups is 1. The number of anilines is 1. The lowest BCUT2D eigenvalue weighted by molar-refractivity contribution is 0.102. The number of nitriles is 1. The first kappa shape index (κ1) is 20.0. The zero-order valence-corrected chi connectivity index (χ0v) is 16.6. The Kier molecular flexibility index (Phi) is 5.85. The molecule has 0 saturated heterocycles. The molecular weight excluding hydrogens is 364 g/mol. The Bertz CT molecular complexity index is 1040. The molecule has 29 heavy (non-hydrogen) atoms. The van der Waals surface area contributed by atoms with E-state index in [2.05, 4.69) is 11.4 Å². The number of carbonyl (C=O) groups excluding carboxylic acids is 1. The summed E-state index contributed by atoms with van der Waals surface area (Å²) in [6, 6.07) is 24.4. The van der Waals surface area contributed by atoms with Crippen LogP contribution in [0.5, 0.6) is 11.5 Å². The number of amides is 1. The average Bonchev–Trinajstić information content (AvgIpc) is 2.79. The van der Waals surface area contributed by atoms with Gasteiger partial charge in [-0.2, -0.15) is 5.26 Å². The van der Waals surface area contributed by atoms with Crippen molar-refractivity contribution < 1.29 is 14.3 Å². The molecular formula is C24H22N2O3. The zero-order valence-electron chi connectivity index (χ0n) is 16.6. The monoisotopic (exact) mass is 386 g/mol. The molecule has 1 unspecified atom stereocenters. The van der Waals surface area contributed by atoms with Gasteiger partial charge in [0.25, 0.3) is 5.91 Å². The molecule has 0 aromatic heterocycles. The maximum atomic E-state index is 12.6. The van der Waals surface area contributed by atoms with Gasteiger partial charge in [-0.05, 0) is 48.4 Å². The summed E-state index contributed by atoms with van der Waals surface area (Å²) >= 11 is 0. The fourth-order valence-electron chi connectivity index (χ4n) is 3.13. The van der Waals surface area contributed by atoms with Crippen molar-refractivity contribution in [3.63, 3.8) is 0 Å². The molecule has 1 atom stereocenters. The summed E-state index contributed by atoms with van der Waals surface area (Å²) < 4.78 is 10.4. The predicted octanol–water partition coefficient (Wildman–Crippen LogP) is 4.79. The molecule has 0 saturated carbocycles. The Hall–Kier alpha value is -3.78. The lowest BCUT2D eigenvalue weighted by atomic mass is 9.77. The maximum absolute atomic E-state index is 12.6. The lowest BCUT2D eigenvalue weighted by Crippen LogP contribution is -2.21. The van der Waals surface area contributed by atoms with Crippen molar-refractivity contribution in [2.75, 3.05) is 19.5 Å². The second kappa shape index (κ2) is 8.49. The first-order chi connectivity index (χ1) is 14.0. The number of nitrogens with one attached hydrogen (secondary N) is 1. The van der Waals surface area contributed by atoms with Crippen LogP contribution >= 0.6 is 0 Å². The van der Waals surface area contributed by atoms with Crippen molar-refractivity contribution in [1.82, 2.24) is 0 Å². The van der Waals surface area contributed by atoms with Crippen molar-refractivity contribution in [2.24, 2.45) is 0 Å². The van der Waals surface area contributed by atoms with Crippen molar-refractivity contribution in [2.45, 2.75) is 12.3 Å². The zero-order chi connectivity index (χ0) is 20.9. The third kappa shape index (κ3) is 4.07. The van der Waals surface area contributed by atoms with Gasteiger partial charge in [0.1, 0.15) is 5.41 Å². The Labute approximate surface area is 170 Å². The van der Waals surface area contributed by atoms with Crippen molar-refractivity contribution in [3.8, 4) is 17.6 Å². The highest BCUT2D eigenvalue weighted by molar-refractivity contribution is 6.04. The Balaban J connectivity index is 1.80. The molecule has 146 valence electrons. The lowest BCUT2D eigenvalue weighted by Gasteiger charge is -2.23. The van der Waals surface area contributed by atoms with Gasteiger partial charge in [0.15, 0.2) is 11.5 Å². The quantitative estimate of drug-likeness (QED) is 0.661. The van der Waals surface area contributed by atoms with Gasteiger partial charge in [-0.3, -0.25) is 4.79 Å². The molecule has 3 rings (SSSR count). The average molecular weight is 386 g/mol. The molecule has 1 amide bonds. The molecule has 1 N–H and O–H groups in total. The van der Waals surface area contributed by atoms with Crippen molar-refractivity contribution in [1.29, 1.82) is 5.26 Å². The van der Waals surface area contributed by atoms with E-state index in [0.717, 1.165) is 11.1 Å². The van der Waals surface area contributed by atoms with E-state index < -0.39 is 5.41 Å². The third-order valence-electron chi connectivity index (χ3n) is 4.94. The predicted molar refractivity (Wildman–Crippen MR) is 112 cm³/mol. The van der Waals surface area contributed by atoms with Gasteiger partial charge in [0.05, 0.1) is 20.3 Å². The van der Waals surface area contributed by atoms with Crippen LogP contribution in [0.25, 0.3) is 0 Å². The second-order valence-corrected chi connectivity index (χ2v) is 6.70. The fourth-order valence-corrected chi connectivity index (χ4v) is 3.13. The molecule has 0 aliphatic carbocycles. The van der Waals surface area contributed by atoms with Crippen LogP contribution < -0.4 is 14.8 Å². The minimum atomic E-state index is -0.771. The van der Waals surface area contributed by atoms with Gasteiger partial charge in [0, 0.05) is 11.3 Å². The van der Waals surface area contributed by atoms with Crippen LogP contribution in [-0.4, -0.2) is 20.1 Å². The van der Waals surface area contributed by atoms with Gasteiger partial charge in [-0.1, -0.05) is 42.5 Å². The molecule has 0 aliphatic rings. The number of nitrogens with zero attached hydrogens (tertiary/aromatic N) is 1. The first-order valence-corrected chi connectivity index (χ1v) is 9.12. The summed E-state index contributed by atoms with van der Waals surface area (Å²) in [6.07, 6.45) is 0. The van der Waals surface area contributed by atoms with Gasteiger partial charge in [0.2, 0.25) is 0 Å². The van der Waals surface area contributed by atoms with Crippen LogP contribution in [0.15, 0.2) is 72.8 Å². The Morgan fingerprint density at radius 2 is 1.52 bits per heavy atom. The molecule has 0 aliphatic heterocycles. The van der Waals surface area contributed by atoms with Crippen molar-refractivity contribution >= 4 is 11.6 Å². The highest BCUT2D eigenvalue weighted by atomic mass is 16.5. The van der Waals surface area contributed by atoms with Gasteiger partial charge < -0.3 is 14.8 Å². The molecule has 3 aromatic rings. The largest absolute Gasteiger partial charge is 0.493 e. The van der Waals surface area contributed by atoms with E-state index in [-0.39, 0.29) is 5.91 Å². The Morgan fingerprint density at radius 1 is 0.897 bits per heavy atom. The number of benzene rings is 3. The molecule has 3 aromatic carbocycles. The SMILES string of the molecule is COc1ccc(C(=O)Nc2ccc(C(C)(C#N)c3ccccc3)cc2)cc1OC. The highest BCUT2D eigenvalue weighted by Crippen LogP contribution is 2.32. The molecule has 5 nitrogen and oxygen atoms in total. The molecule has 5 heteroatoms. The number of rotatable bonds is 6. The topological polar surface area (TPSA) is 71.3 Å². The van der Waals surface area contributed by atoms with E-state index in [9.17, 15) is 10.1 Å². The van der Waals surface area contributed by atoms with Gasteiger partial charge in [-0.15, -0.1) is 0 Å². The van der Waals surface area contributed by atoms with E-state index in [1.54, 1.807) is 37.4 Å². The molecule has 0 heterocycles. The molecule has 0 radical (unpaired) electrons. The number of hydrogen-bond acceptors (Lipinski definition) is 4. The fraction of sp³-hybridized carbons (Fsp3) is 0.167. The molecule has 0 fully saturated rings. The van der Waals surface area contributed by atoms with Gasteiger partial charge >= 0.3 is 0 Å². The number of ether oxygens (including phenoxy) is 2. The molecule has 0 bridgehead atoms. The molecule has 0 spiro atoms. The first-order valence-electron chi connectivity index (χ1n) is 9.12.